The number of hydrogen-bond acceptors (Lipinski definition) is 8. The molecule has 5 heterocycles. The van der Waals surface area contributed by atoms with E-state index in [-0.39, 0.29) is 24.1 Å². The van der Waals surface area contributed by atoms with E-state index in [9.17, 15) is 9.18 Å². The maximum Gasteiger partial charge on any atom is 0.410 e. The van der Waals surface area contributed by atoms with Crippen LogP contribution >= 0.6 is 11.3 Å². The number of likely N-dealkylation sites (tertiary alicyclic amines) is 1. The summed E-state index contributed by atoms with van der Waals surface area (Å²) in [5, 5.41) is 13.1. The van der Waals surface area contributed by atoms with E-state index in [1.54, 1.807) is 17.3 Å². The molecule has 2 aliphatic heterocycles. The van der Waals surface area contributed by atoms with Gasteiger partial charge in [0.05, 0.1) is 34.6 Å². The van der Waals surface area contributed by atoms with Crippen molar-refractivity contribution in [3.05, 3.63) is 77.3 Å². The number of carbonyl (C=O) groups excluding carboxylic acids is 1. The van der Waals surface area contributed by atoms with E-state index in [0.29, 0.717) is 25.3 Å². The minimum absolute atomic E-state index is 0.0381. The Balaban J connectivity index is 1.03. The van der Waals surface area contributed by atoms with Crippen LogP contribution in [0.1, 0.15) is 29.7 Å². The Morgan fingerprint density at radius 2 is 2.07 bits per heavy atom. The van der Waals surface area contributed by atoms with Gasteiger partial charge in [-0.25, -0.2) is 19.2 Å². The number of nitrogens with one attached hydrogen (secondary N) is 2. The molecule has 3 aromatic heterocycles. The second-order valence-corrected chi connectivity index (χ2v) is 11.6. The lowest BCUT2D eigenvalue weighted by molar-refractivity contribution is 0.0763. The lowest BCUT2D eigenvalue weighted by Crippen LogP contribution is -2.32. The van der Waals surface area contributed by atoms with Crippen molar-refractivity contribution in [2.75, 3.05) is 25.0 Å². The quantitative estimate of drug-likeness (QED) is 0.273. The molecule has 2 N–H and O–H groups in total. The zero-order valence-electron chi connectivity index (χ0n) is 22.7. The van der Waals surface area contributed by atoms with Gasteiger partial charge in [-0.15, -0.1) is 11.3 Å². The number of rotatable bonds is 5. The smallest absolute Gasteiger partial charge is 0.410 e. The molecule has 9 nitrogen and oxygen atoms in total. The molecule has 42 heavy (non-hydrogen) atoms. The van der Waals surface area contributed by atoms with Crippen LogP contribution in [-0.2, 0) is 11.3 Å². The molecule has 0 unspecified atom stereocenters. The summed E-state index contributed by atoms with van der Waals surface area (Å²) in [6.07, 6.45) is 5.74. The van der Waals surface area contributed by atoms with Crippen LogP contribution in [0.25, 0.3) is 21.1 Å². The Labute approximate surface area is 245 Å². The number of benzene rings is 2. The average molecular weight is 582 g/mol. The molecule has 5 aromatic rings. The molecule has 2 fully saturated rings. The predicted octanol–water partition coefficient (Wildman–Crippen LogP) is 5.29. The standard InChI is InChI=1S/C31H28FN7O2S/c32-22-5-3-4-20(12-22)18-39-28-9-7-24(13-21(28)16-36-39)37-29-27-15-26(42-30(27)35-19-34-29)8-6-23-14-25(17-33-23)41-31(40)38-10-1-2-11-38/h3-5,7,9,12-13,15-16,19,23,25,33H,1-2,10-11,14,17-18H2,(H,34,35,37)/t23-,25+/m1/s1. The van der Waals surface area contributed by atoms with Crippen LogP contribution < -0.4 is 10.6 Å². The second kappa shape index (κ2) is 11.4. The van der Waals surface area contributed by atoms with Gasteiger partial charge in [0.2, 0.25) is 0 Å². The summed E-state index contributed by atoms with van der Waals surface area (Å²) in [6.45, 7) is 2.66. The zero-order valence-corrected chi connectivity index (χ0v) is 23.5. The fourth-order valence-corrected chi connectivity index (χ4v) is 6.29. The van der Waals surface area contributed by atoms with Gasteiger partial charge in [0, 0.05) is 37.1 Å². The highest BCUT2D eigenvalue weighted by Crippen LogP contribution is 2.30. The van der Waals surface area contributed by atoms with E-state index in [0.717, 1.165) is 63.2 Å². The minimum Gasteiger partial charge on any atom is -0.445 e. The highest BCUT2D eigenvalue weighted by Gasteiger charge is 2.28. The van der Waals surface area contributed by atoms with Gasteiger partial charge in [0.15, 0.2) is 0 Å². The number of nitrogens with zero attached hydrogens (tertiary/aromatic N) is 5. The first-order valence-corrected chi connectivity index (χ1v) is 14.8. The highest BCUT2D eigenvalue weighted by atomic mass is 32.1. The Hall–Kier alpha value is -4.53. The lowest BCUT2D eigenvalue weighted by Gasteiger charge is -2.18. The molecule has 1 amide bonds. The fourth-order valence-electron chi connectivity index (χ4n) is 5.43. The Bertz CT molecular complexity index is 1840. The second-order valence-electron chi connectivity index (χ2n) is 10.5. The molecule has 2 aliphatic rings. The lowest BCUT2D eigenvalue weighted by atomic mass is 10.2. The summed E-state index contributed by atoms with van der Waals surface area (Å²) >= 11 is 1.52. The van der Waals surface area contributed by atoms with Gasteiger partial charge in [0.1, 0.15) is 28.9 Å². The van der Waals surface area contributed by atoms with Crippen LogP contribution in [0.5, 0.6) is 0 Å². The molecule has 0 spiro atoms. The van der Waals surface area contributed by atoms with E-state index >= 15 is 0 Å². The van der Waals surface area contributed by atoms with Crippen molar-refractivity contribution >= 4 is 50.1 Å². The van der Waals surface area contributed by atoms with Gasteiger partial charge in [-0.2, -0.15) is 5.10 Å². The number of anilines is 2. The first-order valence-electron chi connectivity index (χ1n) is 14.0. The number of thiophene rings is 1. The van der Waals surface area contributed by atoms with Gasteiger partial charge in [-0.3, -0.25) is 10.00 Å². The summed E-state index contributed by atoms with van der Waals surface area (Å²) in [5.74, 6) is 7.00. The largest absolute Gasteiger partial charge is 0.445 e. The van der Waals surface area contributed by atoms with E-state index in [4.69, 9.17) is 4.74 Å². The molecule has 2 atom stereocenters. The van der Waals surface area contributed by atoms with Crippen LogP contribution in [0.15, 0.2) is 61.1 Å². The van der Waals surface area contributed by atoms with Gasteiger partial charge < -0.3 is 15.0 Å². The summed E-state index contributed by atoms with van der Waals surface area (Å²) < 4.78 is 21.1. The number of hydrogen-bond donors (Lipinski definition) is 2. The summed E-state index contributed by atoms with van der Waals surface area (Å²) in [5.41, 5.74) is 2.68. The number of carbonyl (C=O) groups is 1. The van der Waals surface area contributed by atoms with Crippen LogP contribution in [-0.4, -0.2) is 62.5 Å². The normalized spacial score (nSPS) is 18.4. The fraction of sp³-hybridized carbons (Fsp3) is 0.290. The third-order valence-electron chi connectivity index (χ3n) is 7.55. The van der Waals surface area contributed by atoms with Crippen molar-refractivity contribution < 1.29 is 13.9 Å². The monoisotopic (exact) mass is 581 g/mol. The highest BCUT2D eigenvalue weighted by molar-refractivity contribution is 7.19. The third-order valence-corrected chi connectivity index (χ3v) is 8.51. The van der Waals surface area contributed by atoms with Crippen molar-refractivity contribution in [3.8, 4) is 11.8 Å². The van der Waals surface area contributed by atoms with Crippen LogP contribution in [0.3, 0.4) is 0 Å². The van der Waals surface area contributed by atoms with E-state index in [1.807, 2.05) is 41.2 Å². The summed E-state index contributed by atoms with van der Waals surface area (Å²) in [6, 6.07) is 14.5. The van der Waals surface area contributed by atoms with Gasteiger partial charge in [-0.05, 0) is 54.8 Å². The number of fused-ring (bicyclic) bond motifs is 2. The zero-order chi connectivity index (χ0) is 28.5. The minimum atomic E-state index is -0.256. The summed E-state index contributed by atoms with van der Waals surface area (Å²) in [4.78, 5) is 24.8. The Kier molecular flexibility index (Phi) is 7.15. The topological polar surface area (TPSA) is 97.2 Å². The van der Waals surface area contributed by atoms with E-state index in [2.05, 4.69) is 37.5 Å². The average Bonchev–Trinajstić information content (AvgIpc) is 3.79. The van der Waals surface area contributed by atoms with Gasteiger partial charge >= 0.3 is 6.09 Å². The SMILES string of the molecule is O=C(O[C@@H]1CN[C@H](C#Cc2cc3c(Nc4ccc5c(cnn5Cc5cccc(F)c5)c4)ncnc3s2)C1)N1CCCC1. The molecule has 0 saturated carbocycles. The molecule has 0 radical (unpaired) electrons. The molecular weight excluding hydrogens is 553 g/mol. The number of halogens is 1. The van der Waals surface area contributed by atoms with Crippen LogP contribution in [0, 0.1) is 17.7 Å². The Morgan fingerprint density at radius 3 is 2.95 bits per heavy atom. The van der Waals surface area contributed by atoms with Crippen LogP contribution in [0.2, 0.25) is 0 Å². The van der Waals surface area contributed by atoms with Crippen molar-refractivity contribution in [2.24, 2.45) is 0 Å². The molecule has 2 saturated heterocycles. The van der Waals surface area contributed by atoms with E-state index < -0.39 is 0 Å². The Morgan fingerprint density at radius 1 is 1.17 bits per heavy atom. The van der Waals surface area contributed by atoms with Gasteiger partial charge in [0.25, 0.3) is 0 Å². The summed E-state index contributed by atoms with van der Waals surface area (Å²) in [7, 11) is 0. The maximum atomic E-state index is 13.6. The van der Waals surface area contributed by atoms with Crippen LogP contribution in [0.4, 0.5) is 20.7 Å². The van der Waals surface area contributed by atoms with Crippen molar-refractivity contribution in [1.29, 1.82) is 0 Å². The molecule has 0 aliphatic carbocycles. The van der Waals surface area contributed by atoms with Crippen molar-refractivity contribution in [1.82, 2.24) is 30.0 Å². The molecule has 2 aromatic carbocycles. The number of aromatic nitrogens is 4. The number of ether oxygens (including phenoxy) is 1. The number of amides is 1. The first kappa shape index (κ1) is 26.4. The predicted molar refractivity (Wildman–Crippen MR) is 160 cm³/mol. The third kappa shape index (κ3) is 5.64. The van der Waals surface area contributed by atoms with Crippen molar-refractivity contribution in [2.45, 2.75) is 38.0 Å². The molecule has 11 heteroatoms. The van der Waals surface area contributed by atoms with E-state index in [1.165, 1.54) is 23.5 Å². The molecule has 0 bridgehead atoms. The molecule has 212 valence electrons. The van der Waals surface area contributed by atoms with Crippen molar-refractivity contribution in [3.63, 3.8) is 0 Å². The van der Waals surface area contributed by atoms with Gasteiger partial charge in [-0.1, -0.05) is 24.0 Å². The maximum absolute atomic E-state index is 13.6. The molecular formula is C31H28FN7O2S. The first-order chi connectivity index (χ1) is 20.6. The molecule has 7 rings (SSSR count).